The van der Waals surface area contributed by atoms with E-state index in [1.165, 1.54) is 43.1 Å². The van der Waals surface area contributed by atoms with E-state index in [0.717, 1.165) is 17.2 Å². The van der Waals surface area contributed by atoms with Crippen LogP contribution in [0.15, 0.2) is 36.5 Å². The van der Waals surface area contributed by atoms with Gasteiger partial charge in [0.2, 0.25) is 0 Å². The van der Waals surface area contributed by atoms with Crippen molar-refractivity contribution in [2.75, 3.05) is 7.11 Å². The molecule has 104 valence electrons. The summed E-state index contributed by atoms with van der Waals surface area (Å²) in [5.74, 6) is 1.63. The van der Waals surface area contributed by atoms with E-state index in [4.69, 9.17) is 4.74 Å². The Morgan fingerprint density at radius 2 is 2.00 bits per heavy atom. The minimum atomic E-state index is 0.748. The number of nitrogens with zero attached hydrogens (tertiary/aromatic N) is 1. The Hall–Kier alpha value is -1.83. The molecule has 1 aliphatic rings. The van der Waals surface area contributed by atoms with Gasteiger partial charge in [0.25, 0.3) is 0 Å². The molecule has 0 amide bonds. The van der Waals surface area contributed by atoms with Crippen LogP contribution in [0.1, 0.15) is 37.7 Å². The molecule has 1 heterocycles. The van der Waals surface area contributed by atoms with Gasteiger partial charge in [0.1, 0.15) is 5.75 Å². The lowest BCUT2D eigenvalue weighted by atomic mass is 9.88. The van der Waals surface area contributed by atoms with Crippen molar-refractivity contribution in [3.05, 3.63) is 42.1 Å². The number of hydrogen-bond donors (Lipinski definition) is 0. The van der Waals surface area contributed by atoms with Crippen molar-refractivity contribution in [2.45, 2.75) is 32.1 Å². The standard InChI is InChI=1S/C18H21NO/c1-20-16-9-10-18-17(13-16)15(11-12-19-18)8-7-14-5-3-2-4-6-14/h7-14H,2-6H2,1H3/b8-7-. The molecule has 20 heavy (non-hydrogen) atoms. The van der Waals surface area contributed by atoms with Gasteiger partial charge in [-0.15, -0.1) is 0 Å². The number of hydrogen-bond acceptors (Lipinski definition) is 2. The maximum Gasteiger partial charge on any atom is 0.119 e. The van der Waals surface area contributed by atoms with Gasteiger partial charge in [-0.05, 0) is 48.6 Å². The zero-order valence-electron chi connectivity index (χ0n) is 12.0. The van der Waals surface area contributed by atoms with Gasteiger partial charge in [-0.1, -0.05) is 31.4 Å². The molecule has 2 heteroatoms. The van der Waals surface area contributed by atoms with Crippen LogP contribution in [0.2, 0.25) is 0 Å². The quantitative estimate of drug-likeness (QED) is 0.794. The average Bonchev–Trinajstić information content (AvgIpc) is 2.53. The molecule has 1 aromatic carbocycles. The lowest BCUT2D eigenvalue weighted by molar-refractivity contribution is 0.415. The molecule has 3 rings (SSSR count). The minimum absolute atomic E-state index is 0.748. The van der Waals surface area contributed by atoms with E-state index in [9.17, 15) is 0 Å². The number of aromatic nitrogens is 1. The van der Waals surface area contributed by atoms with E-state index in [1.54, 1.807) is 7.11 Å². The van der Waals surface area contributed by atoms with E-state index in [0.29, 0.717) is 0 Å². The summed E-state index contributed by atoms with van der Waals surface area (Å²) in [5, 5.41) is 1.17. The molecule has 0 saturated heterocycles. The second-order valence-electron chi connectivity index (χ2n) is 5.54. The van der Waals surface area contributed by atoms with E-state index in [2.05, 4.69) is 29.3 Å². The first-order chi connectivity index (χ1) is 9.86. The first-order valence-electron chi connectivity index (χ1n) is 7.48. The summed E-state index contributed by atoms with van der Waals surface area (Å²) in [6, 6.07) is 8.14. The van der Waals surface area contributed by atoms with Gasteiger partial charge in [-0.3, -0.25) is 4.98 Å². The summed E-state index contributed by atoms with van der Waals surface area (Å²) in [4.78, 5) is 4.42. The Morgan fingerprint density at radius 3 is 2.80 bits per heavy atom. The fraction of sp³-hybridized carbons (Fsp3) is 0.389. The summed E-state index contributed by atoms with van der Waals surface area (Å²) in [6.45, 7) is 0. The molecule has 0 bridgehead atoms. The fourth-order valence-electron chi connectivity index (χ4n) is 2.99. The molecule has 2 nitrogen and oxygen atoms in total. The minimum Gasteiger partial charge on any atom is -0.497 e. The fourth-order valence-corrected chi connectivity index (χ4v) is 2.99. The van der Waals surface area contributed by atoms with Gasteiger partial charge in [-0.25, -0.2) is 0 Å². The van der Waals surface area contributed by atoms with Gasteiger partial charge in [0, 0.05) is 11.6 Å². The van der Waals surface area contributed by atoms with Gasteiger partial charge in [0.05, 0.1) is 12.6 Å². The number of allylic oxidation sites excluding steroid dienone is 1. The highest BCUT2D eigenvalue weighted by Crippen LogP contribution is 2.27. The Kier molecular flexibility index (Phi) is 4.00. The van der Waals surface area contributed by atoms with Crippen molar-refractivity contribution in [3.63, 3.8) is 0 Å². The summed E-state index contributed by atoms with van der Waals surface area (Å²) >= 11 is 0. The number of benzene rings is 1. The predicted octanol–water partition coefficient (Wildman–Crippen LogP) is 4.84. The molecule has 0 aliphatic heterocycles. The molecular weight excluding hydrogens is 246 g/mol. The van der Waals surface area contributed by atoms with Crippen LogP contribution in [0.25, 0.3) is 17.0 Å². The van der Waals surface area contributed by atoms with Crippen LogP contribution < -0.4 is 4.74 Å². The second kappa shape index (κ2) is 6.08. The Balaban J connectivity index is 1.91. The Morgan fingerprint density at radius 1 is 1.15 bits per heavy atom. The summed E-state index contributed by atoms with van der Waals surface area (Å²) in [5.41, 5.74) is 2.26. The Bertz CT molecular complexity index is 612. The van der Waals surface area contributed by atoms with Crippen LogP contribution in [0.4, 0.5) is 0 Å². The number of ether oxygens (including phenoxy) is 1. The molecule has 1 aromatic heterocycles. The van der Waals surface area contributed by atoms with Crippen LogP contribution >= 0.6 is 0 Å². The molecular formula is C18H21NO. The third kappa shape index (κ3) is 2.84. The van der Waals surface area contributed by atoms with Gasteiger partial charge in [0.15, 0.2) is 0 Å². The topological polar surface area (TPSA) is 22.1 Å². The van der Waals surface area contributed by atoms with Crippen molar-refractivity contribution >= 4 is 17.0 Å². The molecule has 1 saturated carbocycles. The van der Waals surface area contributed by atoms with Crippen molar-refractivity contribution in [1.29, 1.82) is 0 Å². The molecule has 0 spiro atoms. The predicted molar refractivity (Wildman–Crippen MR) is 83.9 cm³/mol. The first kappa shape index (κ1) is 13.2. The van der Waals surface area contributed by atoms with Crippen molar-refractivity contribution in [2.24, 2.45) is 5.92 Å². The molecule has 0 N–H and O–H groups in total. The molecule has 0 atom stereocenters. The van der Waals surface area contributed by atoms with Crippen molar-refractivity contribution in [3.8, 4) is 5.75 Å². The number of rotatable bonds is 3. The average molecular weight is 267 g/mol. The highest BCUT2D eigenvalue weighted by atomic mass is 16.5. The Labute approximate surface area is 120 Å². The van der Waals surface area contributed by atoms with E-state index in [1.807, 2.05) is 18.3 Å². The number of pyridine rings is 1. The number of fused-ring (bicyclic) bond motifs is 1. The molecule has 1 fully saturated rings. The third-order valence-corrected chi connectivity index (χ3v) is 4.18. The van der Waals surface area contributed by atoms with Gasteiger partial charge >= 0.3 is 0 Å². The zero-order valence-corrected chi connectivity index (χ0v) is 12.0. The molecule has 0 unspecified atom stereocenters. The van der Waals surface area contributed by atoms with Crippen LogP contribution in [0, 0.1) is 5.92 Å². The van der Waals surface area contributed by atoms with E-state index < -0.39 is 0 Å². The smallest absolute Gasteiger partial charge is 0.119 e. The number of methoxy groups -OCH3 is 1. The van der Waals surface area contributed by atoms with E-state index >= 15 is 0 Å². The van der Waals surface area contributed by atoms with E-state index in [-0.39, 0.29) is 0 Å². The van der Waals surface area contributed by atoms with Crippen LogP contribution in [0.3, 0.4) is 0 Å². The van der Waals surface area contributed by atoms with Crippen molar-refractivity contribution < 1.29 is 4.74 Å². The summed E-state index contributed by atoms with van der Waals surface area (Å²) in [7, 11) is 1.70. The maximum atomic E-state index is 5.32. The van der Waals surface area contributed by atoms with Crippen LogP contribution in [-0.2, 0) is 0 Å². The zero-order chi connectivity index (χ0) is 13.8. The maximum absolute atomic E-state index is 5.32. The lowest BCUT2D eigenvalue weighted by Gasteiger charge is -2.17. The monoisotopic (exact) mass is 267 g/mol. The highest BCUT2D eigenvalue weighted by molar-refractivity contribution is 5.88. The van der Waals surface area contributed by atoms with Gasteiger partial charge < -0.3 is 4.74 Å². The molecule has 0 radical (unpaired) electrons. The normalized spacial score (nSPS) is 16.9. The summed E-state index contributed by atoms with van der Waals surface area (Å²) in [6.07, 6.45) is 13.4. The third-order valence-electron chi connectivity index (χ3n) is 4.18. The molecule has 1 aliphatic carbocycles. The van der Waals surface area contributed by atoms with Crippen molar-refractivity contribution in [1.82, 2.24) is 4.98 Å². The van der Waals surface area contributed by atoms with Crippen LogP contribution in [0.5, 0.6) is 5.75 Å². The molecule has 2 aromatic rings. The lowest BCUT2D eigenvalue weighted by Crippen LogP contribution is -2.02. The van der Waals surface area contributed by atoms with Crippen LogP contribution in [-0.4, -0.2) is 12.1 Å². The van der Waals surface area contributed by atoms with Gasteiger partial charge in [-0.2, -0.15) is 0 Å². The highest BCUT2D eigenvalue weighted by Gasteiger charge is 2.10. The largest absolute Gasteiger partial charge is 0.497 e. The first-order valence-corrected chi connectivity index (χ1v) is 7.48. The SMILES string of the molecule is COc1ccc2nccc(/C=C\C3CCCCC3)c2c1. The second-order valence-corrected chi connectivity index (χ2v) is 5.54. The summed E-state index contributed by atoms with van der Waals surface area (Å²) < 4.78 is 5.32.